The topological polar surface area (TPSA) is 64.9 Å². The van der Waals surface area contributed by atoms with Crippen LogP contribution < -0.4 is 10.0 Å². The van der Waals surface area contributed by atoms with E-state index < -0.39 is 17.8 Å². The Morgan fingerprint density at radius 1 is 1.08 bits per heavy atom. The molecule has 5 nitrogen and oxygen atoms in total. The average molecular weight is 346 g/mol. The van der Waals surface area contributed by atoms with E-state index in [9.17, 15) is 19.1 Å². The minimum atomic E-state index is -1.14. The van der Waals surface area contributed by atoms with Crippen molar-refractivity contribution in [3.8, 4) is 0 Å². The van der Waals surface area contributed by atoms with Crippen LogP contribution in [0.5, 0.6) is 0 Å². The fourth-order valence-corrected chi connectivity index (χ4v) is 3.69. The summed E-state index contributed by atoms with van der Waals surface area (Å²) < 4.78 is 13.0. The number of carbonyl (C=O) groups excluding carboxylic acids is 2. The van der Waals surface area contributed by atoms with Gasteiger partial charge in [-0.2, -0.15) is 0 Å². The molecule has 1 aromatic carbocycles. The molecule has 0 radical (unpaired) electrons. The van der Waals surface area contributed by atoms with Gasteiger partial charge in [-0.25, -0.2) is 4.39 Å². The second kappa shape index (κ2) is 7.78. The number of piperazine rings is 1. The van der Waals surface area contributed by atoms with Crippen LogP contribution in [0.2, 0.25) is 0 Å². The van der Waals surface area contributed by atoms with Crippen LogP contribution in [0.25, 0.3) is 0 Å². The maximum absolute atomic E-state index is 13.0. The molecule has 2 aliphatic rings. The zero-order valence-electron chi connectivity index (χ0n) is 14.1. The van der Waals surface area contributed by atoms with Gasteiger partial charge in [0.05, 0.1) is 26.2 Å². The normalized spacial score (nSPS) is 24.3. The van der Waals surface area contributed by atoms with Crippen molar-refractivity contribution in [1.29, 1.82) is 0 Å². The number of aliphatic carboxylic acids is 1. The summed E-state index contributed by atoms with van der Waals surface area (Å²) in [5.74, 6) is -2.67. The van der Waals surface area contributed by atoms with Gasteiger partial charge in [-0.15, -0.1) is 0 Å². The van der Waals surface area contributed by atoms with Gasteiger partial charge in [0.2, 0.25) is 5.91 Å². The van der Waals surface area contributed by atoms with Crippen molar-refractivity contribution in [3.05, 3.63) is 47.8 Å². The molecule has 0 spiro atoms. The highest BCUT2D eigenvalue weighted by molar-refractivity contribution is 5.84. The number of amides is 1. The molecule has 25 heavy (non-hydrogen) atoms. The van der Waals surface area contributed by atoms with Crippen LogP contribution in [-0.4, -0.2) is 43.0 Å². The molecule has 2 atom stereocenters. The van der Waals surface area contributed by atoms with Crippen molar-refractivity contribution in [1.82, 2.24) is 4.90 Å². The first kappa shape index (κ1) is 17.6. The SMILES string of the molecule is O=C([O-])[C@H]1CC=CC[C@@H]1C(=O)N1CC[NH+](Cc2ccc(F)cc2)CC1. The Bertz CT molecular complexity index is 651. The van der Waals surface area contributed by atoms with E-state index in [-0.39, 0.29) is 11.7 Å². The first-order valence-corrected chi connectivity index (χ1v) is 8.77. The Balaban J connectivity index is 1.54. The predicted molar refractivity (Wildman–Crippen MR) is 87.7 cm³/mol. The molecule has 1 N–H and O–H groups in total. The molecule has 134 valence electrons. The molecule has 0 saturated carbocycles. The summed E-state index contributed by atoms with van der Waals surface area (Å²) in [7, 11) is 0. The number of hydrogen-bond donors (Lipinski definition) is 1. The predicted octanol–water partition coefficient (Wildman–Crippen LogP) is -0.615. The van der Waals surface area contributed by atoms with Crippen molar-refractivity contribution in [2.75, 3.05) is 26.2 Å². The fourth-order valence-electron chi connectivity index (χ4n) is 3.69. The lowest BCUT2D eigenvalue weighted by Crippen LogP contribution is -3.13. The lowest BCUT2D eigenvalue weighted by Gasteiger charge is -2.37. The summed E-state index contributed by atoms with van der Waals surface area (Å²) in [5, 5.41) is 11.3. The summed E-state index contributed by atoms with van der Waals surface area (Å²) in [6.07, 6.45) is 4.54. The lowest BCUT2D eigenvalue weighted by molar-refractivity contribution is -0.917. The molecule has 1 aromatic rings. The maximum Gasteiger partial charge on any atom is 0.227 e. The molecule has 6 heteroatoms. The van der Waals surface area contributed by atoms with E-state index in [1.165, 1.54) is 17.0 Å². The number of halogens is 1. The van der Waals surface area contributed by atoms with E-state index in [2.05, 4.69) is 0 Å². The zero-order valence-corrected chi connectivity index (χ0v) is 14.1. The van der Waals surface area contributed by atoms with E-state index in [4.69, 9.17) is 0 Å². The second-order valence-corrected chi connectivity index (χ2v) is 6.85. The summed E-state index contributed by atoms with van der Waals surface area (Å²) in [5.41, 5.74) is 1.07. The molecule has 0 bridgehead atoms. The van der Waals surface area contributed by atoms with Crippen molar-refractivity contribution < 1.29 is 24.0 Å². The van der Waals surface area contributed by atoms with E-state index in [1.54, 1.807) is 17.0 Å². The van der Waals surface area contributed by atoms with Crippen LogP contribution in [-0.2, 0) is 16.1 Å². The molecular weight excluding hydrogens is 323 g/mol. The number of carboxylic acids is 1. The van der Waals surface area contributed by atoms with Crippen LogP contribution in [0.1, 0.15) is 18.4 Å². The van der Waals surface area contributed by atoms with E-state index >= 15 is 0 Å². The van der Waals surface area contributed by atoms with Gasteiger partial charge in [-0.05, 0) is 25.0 Å². The Kier molecular flexibility index (Phi) is 5.48. The molecule has 3 rings (SSSR count). The van der Waals surface area contributed by atoms with Crippen LogP contribution in [0.4, 0.5) is 4.39 Å². The Morgan fingerprint density at radius 2 is 1.68 bits per heavy atom. The van der Waals surface area contributed by atoms with Crippen molar-refractivity contribution in [3.63, 3.8) is 0 Å². The quantitative estimate of drug-likeness (QED) is 0.740. The van der Waals surface area contributed by atoms with Crippen molar-refractivity contribution in [2.24, 2.45) is 11.8 Å². The Hall–Kier alpha value is -2.21. The molecule has 0 unspecified atom stereocenters. The third-order valence-electron chi connectivity index (χ3n) is 5.20. The highest BCUT2D eigenvalue weighted by Gasteiger charge is 2.34. The fraction of sp³-hybridized carbons (Fsp3) is 0.474. The number of hydrogen-bond acceptors (Lipinski definition) is 3. The smallest absolute Gasteiger partial charge is 0.227 e. The van der Waals surface area contributed by atoms with E-state index in [0.29, 0.717) is 25.9 Å². The van der Waals surface area contributed by atoms with Gasteiger partial charge in [0, 0.05) is 23.4 Å². The molecule has 1 aliphatic heterocycles. The van der Waals surface area contributed by atoms with Crippen LogP contribution in [0, 0.1) is 17.7 Å². The monoisotopic (exact) mass is 346 g/mol. The van der Waals surface area contributed by atoms with Gasteiger partial charge in [-0.1, -0.05) is 24.3 Å². The van der Waals surface area contributed by atoms with Gasteiger partial charge in [0.1, 0.15) is 12.4 Å². The molecule has 0 aromatic heterocycles. The first-order valence-electron chi connectivity index (χ1n) is 8.77. The van der Waals surface area contributed by atoms with Gasteiger partial charge >= 0.3 is 0 Å². The number of carbonyl (C=O) groups is 2. The van der Waals surface area contributed by atoms with Crippen molar-refractivity contribution in [2.45, 2.75) is 19.4 Å². The van der Waals surface area contributed by atoms with Crippen LogP contribution in [0.15, 0.2) is 36.4 Å². The van der Waals surface area contributed by atoms with Crippen LogP contribution in [0.3, 0.4) is 0 Å². The number of benzene rings is 1. The third-order valence-corrected chi connectivity index (χ3v) is 5.20. The van der Waals surface area contributed by atoms with Gasteiger partial charge in [0.15, 0.2) is 0 Å². The van der Waals surface area contributed by atoms with Gasteiger partial charge in [-0.3, -0.25) is 4.79 Å². The largest absolute Gasteiger partial charge is 0.550 e. The average Bonchev–Trinajstić information content (AvgIpc) is 2.63. The second-order valence-electron chi connectivity index (χ2n) is 6.85. The molecular formula is C19H23FN2O3. The molecule has 1 heterocycles. The Labute approximate surface area is 146 Å². The van der Waals surface area contributed by atoms with E-state index in [1.807, 2.05) is 12.2 Å². The minimum Gasteiger partial charge on any atom is -0.550 e. The van der Waals surface area contributed by atoms with E-state index in [0.717, 1.165) is 25.2 Å². The molecule has 1 saturated heterocycles. The summed E-state index contributed by atoms with van der Waals surface area (Å²) in [4.78, 5) is 27.1. The summed E-state index contributed by atoms with van der Waals surface area (Å²) >= 11 is 0. The molecule has 1 fully saturated rings. The standard InChI is InChI=1S/C19H23FN2O3/c20-15-7-5-14(6-8-15)13-21-9-11-22(12-10-21)18(23)16-3-1-2-4-17(16)19(24)25/h1-2,5-8,16-17H,3-4,9-13H2,(H,24,25)/t16-,17-/m0/s1. The van der Waals surface area contributed by atoms with Gasteiger partial charge in [0.25, 0.3) is 0 Å². The lowest BCUT2D eigenvalue weighted by atomic mass is 9.82. The number of carboxylic acid groups (broad SMARTS) is 1. The Morgan fingerprint density at radius 3 is 2.28 bits per heavy atom. The number of nitrogens with zero attached hydrogens (tertiary/aromatic N) is 1. The number of quaternary nitrogens is 1. The van der Waals surface area contributed by atoms with Crippen LogP contribution >= 0.6 is 0 Å². The molecule has 1 amide bonds. The number of rotatable bonds is 4. The summed E-state index contributed by atoms with van der Waals surface area (Å²) in [6.45, 7) is 3.66. The summed E-state index contributed by atoms with van der Waals surface area (Å²) in [6, 6.07) is 6.51. The van der Waals surface area contributed by atoms with Crippen molar-refractivity contribution >= 4 is 11.9 Å². The maximum atomic E-state index is 13.0. The minimum absolute atomic E-state index is 0.0700. The molecule has 1 aliphatic carbocycles. The third kappa shape index (κ3) is 4.25. The first-order chi connectivity index (χ1) is 12.0. The number of allylic oxidation sites excluding steroid dienone is 2. The zero-order chi connectivity index (χ0) is 17.8. The number of nitrogens with one attached hydrogen (secondary N) is 1. The highest BCUT2D eigenvalue weighted by atomic mass is 19.1. The van der Waals surface area contributed by atoms with Gasteiger partial charge < -0.3 is 19.7 Å². The highest BCUT2D eigenvalue weighted by Crippen LogP contribution is 2.27.